The fourth-order valence-electron chi connectivity index (χ4n) is 2.47. The van der Waals surface area contributed by atoms with Crippen LogP contribution in [-0.4, -0.2) is 18.5 Å². The van der Waals surface area contributed by atoms with E-state index in [9.17, 15) is 4.79 Å². The molecule has 2 N–H and O–H groups in total. The summed E-state index contributed by atoms with van der Waals surface area (Å²) >= 11 is 0. The van der Waals surface area contributed by atoms with Gasteiger partial charge in [-0.1, -0.05) is 39.8 Å². The van der Waals surface area contributed by atoms with Gasteiger partial charge in [-0.3, -0.25) is 4.79 Å². The highest BCUT2D eigenvalue weighted by Gasteiger charge is 2.28. The fourth-order valence-corrected chi connectivity index (χ4v) is 2.47. The van der Waals surface area contributed by atoms with E-state index < -0.39 is 0 Å². The van der Waals surface area contributed by atoms with E-state index in [1.165, 1.54) is 11.1 Å². The van der Waals surface area contributed by atoms with Crippen molar-refractivity contribution in [2.24, 2.45) is 5.73 Å². The predicted molar refractivity (Wildman–Crippen MR) is 79.5 cm³/mol. The Morgan fingerprint density at radius 3 is 2.68 bits per heavy atom. The number of fused-ring (bicyclic) bond motifs is 1. The van der Waals surface area contributed by atoms with Gasteiger partial charge in [-0.05, 0) is 35.4 Å². The second kappa shape index (κ2) is 4.97. The van der Waals surface area contributed by atoms with Crippen LogP contribution in [0.25, 0.3) is 0 Å². The molecule has 1 aromatic rings. The number of nitrogens with zero attached hydrogens (tertiary/aromatic N) is 1. The van der Waals surface area contributed by atoms with Crippen LogP contribution in [0.4, 0.5) is 5.69 Å². The average molecular weight is 260 g/mol. The molecule has 2 rings (SSSR count). The minimum Gasteiger partial charge on any atom is -0.320 e. The molecule has 0 saturated carbocycles. The average Bonchev–Trinajstić information content (AvgIpc) is 2.78. The zero-order valence-corrected chi connectivity index (χ0v) is 12.4. The molecule has 1 aliphatic rings. The van der Waals surface area contributed by atoms with E-state index in [0.717, 1.165) is 18.7 Å². The van der Waals surface area contributed by atoms with E-state index >= 15 is 0 Å². The minimum atomic E-state index is -0.381. The summed E-state index contributed by atoms with van der Waals surface area (Å²) in [6, 6.07) is 6.05. The summed E-state index contributed by atoms with van der Waals surface area (Å²) in [5.41, 5.74) is 9.64. The molecule has 0 spiro atoms. The standard InChI is InChI=1S/C16H24N2O/c1-5-13(17)15(19)18-9-8-11-10-12(16(2,3)4)6-7-14(11)18/h6-7,10,13H,5,8-9,17H2,1-4H3. The summed E-state index contributed by atoms with van der Waals surface area (Å²) in [7, 11) is 0. The highest BCUT2D eigenvalue weighted by molar-refractivity contribution is 5.98. The van der Waals surface area contributed by atoms with Crippen LogP contribution < -0.4 is 10.6 Å². The van der Waals surface area contributed by atoms with E-state index in [-0.39, 0.29) is 17.4 Å². The summed E-state index contributed by atoms with van der Waals surface area (Å²) in [4.78, 5) is 14.1. The molecule has 104 valence electrons. The molecule has 1 aliphatic heterocycles. The summed E-state index contributed by atoms with van der Waals surface area (Å²) in [6.07, 6.45) is 1.62. The first kappa shape index (κ1) is 14.1. The van der Waals surface area contributed by atoms with Crippen LogP contribution in [0.3, 0.4) is 0 Å². The lowest BCUT2D eigenvalue weighted by molar-refractivity contribution is -0.119. The maximum absolute atomic E-state index is 12.2. The van der Waals surface area contributed by atoms with Gasteiger partial charge < -0.3 is 10.6 Å². The molecule has 0 aliphatic carbocycles. The van der Waals surface area contributed by atoms with Crippen molar-refractivity contribution < 1.29 is 4.79 Å². The first-order valence-electron chi connectivity index (χ1n) is 7.05. The third-order valence-electron chi connectivity index (χ3n) is 3.86. The van der Waals surface area contributed by atoms with Crippen LogP contribution in [0, 0.1) is 0 Å². The van der Waals surface area contributed by atoms with E-state index in [0.29, 0.717) is 6.42 Å². The normalized spacial score (nSPS) is 16.4. The van der Waals surface area contributed by atoms with E-state index in [1.807, 2.05) is 11.8 Å². The Morgan fingerprint density at radius 1 is 1.42 bits per heavy atom. The van der Waals surface area contributed by atoms with Crippen molar-refractivity contribution in [2.45, 2.75) is 52.0 Å². The van der Waals surface area contributed by atoms with E-state index in [2.05, 4.69) is 39.0 Å². The molecular formula is C16H24N2O. The number of carbonyl (C=O) groups excluding carboxylic acids is 1. The van der Waals surface area contributed by atoms with E-state index in [1.54, 1.807) is 0 Å². The molecule has 0 aromatic heterocycles. The third kappa shape index (κ3) is 2.66. The summed E-state index contributed by atoms with van der Waals surface area (Å²) < 4.78 is 0. The first-order chi connectivity index (χ1) is 8.84. The number of amides is 1. The first-order valence-corrected chi connectivity index (χ1v) is 7.05. The van der Waals surface area contributed by atoms with Crippen molar-refractivity contribution >= 4 is 11.6 Å². The lowest BCUT2D eigenvalue weighted by atomic mass is 9.86. The molecule has 1 amide bonds. The quantitative estimate of drug-likeness (QED) is 0.888. The summed E-state index contributed by atoms with van der Waals surface area (Å²) in [5.74, 6) is 0.0461. The molecule has 3 heteroatoms. The number of rotatable bonds is 2. The van der Waals surface area contributed by atoms with Gasteiger partial charge in [-0.25, -0.2) is 0 Å². The SMILES string of the molecule is CCC(N)C(=O)N1CCc2cc(C(C)(C)C)ccc21. The highest BCUT2D eigenvalue weighted by Crippen LogP contribution is 2.33. The van der Waals surface area contributed by atoms with Crippen molar-refractivity contribution in [3.05, 3.63) is 29.3 Å². The van der Waals surface area contributed by atoms with Gasteiger partial charge in [0.2, 0.25) is 5.91 Å². The molecule has 1 aromatic carbocycles. The predicted octanol–water partition coefficient (Wildman–Crippen LogP) is 2.61. The molecule has 0 fully saturated rings. The van der Waals surface area contributed by atoms with Crippen molar-refractivity contribution in [1.29, 1.82) is 0 Å². The monoisotopic (exact) mass is 260 g/mol. The fraction of sp³-hybridized carbons (Fsp3) is 0.562. The van der Waals surface area contributed by atoms with Crippen LogP contribution in [0.1, 0.15) is 45.2 Å². The molecule has 0 saturated heterocycles. The van der Waals surface area contributed by atoms with Crippen LogP contribution in [0.2, 0.25) is 0 Å². The maximum atomic E-state index is 12.2. The number of benzene rings is 1. The Kier molecular flexibility index (Phi) is 3.68. The second-order valence-electron chi connectivity index (χ2n) is 6.35. The largest absolute Gasteiger partial charge is 0.320 e. The number of hydrogen-bond donors (Lipinski definition) is 1. The van der Waals surface area contributed by atoms with Crippen molar-refractivity contribution in [3.63, 3.8) is 0 Å². The Balaban J connectivity index is 2.30. The Morgan fingerprint density at radius 2 is 2.11 bits per heavy atom. The van der Waals surface area contributed by atoms with Gasteiger partial charge in [-0.2, -0.15) is 0 Å². The molecule has 0 bridgehead atoms. The van der Waals surface area contributed by atoms with Gasteiger partial charge in [0.15, 0.2) is 0 Å². The van der Waals surface area contributed by atoms with Gasteiger partial charge >= 0.3 is 0 Å². The van der Waals surface area contributed by atoms with Gasteiger partial charge in [0.25, 0.3) is 0 Å². The van der Waals surface area contributed by atoms with Crippen molar-refractivity contribution in [1.82, 2.24) is 0 Å². The molecule has 1 atom stereocenters. The number of anilines is 1. The molecule has 3 nitrogen and oxygen atoms in total. The number of nitrogens with two attached hydrogens (primary N) is 1. The highest BCUT2D eigenvalue weighted by atomic mass is 16.2. The Labute approximate surface area is 115 Å². The minimum absolute atomic E-state index is 0.0461. The lowest BCUT2D eigenvalue weighted by Crippen LogP contribution is -2.42. The van der Waals surface area contributed by atoms with Crippen LogP contribution in [-0.2, 0) is 16.6 Å². The van der Waals surface area contributed by atoms with Gasteiger partial charge in [0, 0.05) is 12.2 Å². The number of carbonyl (C=O) groups is 1. The zero-order valence-electron chi connectivity index (χ0n) is 12.4. The Hall–Kier alpha value is -1.35. The molecule has 1 unspecified atom stereocenters. The number of hydrogen-bond acceptors (Lipinski definition) is 2. The van der Waals surface area contributed by atoms with Crippen LogP contribution in [0.15, 0.2) is 18.2 Å². The third-order valence-corrected chi connectivity index (χ3v) is 3.86. The zero-order chi connectivity index (χ0) is 14.2. The molecular weight excluding hydrogens is 236 g/mol. The Bertz CT molecular complexity index is 488. The molecule has 19 heavy (non-hydrogen) atoms. The van der Waals surface area contributed by atoms with E-state index in [4.69, 9.17) is 5.73 Å². The van der Waals surface area contributed by atoms with Crippen LogP contribution in [0.5, 0.6) is 0 Å². The van der Waals surface area contributed by atoms with Gasteiger partial charge in [-0.15, -0.1) is 0 Å². The maximum Gasteiger partial charge on any atom is 0.243 e. The van der Waals surface area contributed by atoms with Crippen LogP contribution >= 0.6 is 0 Å². The molecule has 1 heterocycles. The summed E-state index contributed by atoms with van der Waals surface area (Å²) in [6.45, 7) is 9.33. The lowest BCUT2D eigenvalue weighted by Gasteiger charge is -2.23. The summed E-state index contributed by atoms with van der Waals surface area (Å²) in [5, 5.41) is 0. The topological polar surface area (TPSA) is 46.3 Å². The van der Waals surface area contributed by atoms with Crippen molar-refractivity contribution in [2.75, 3.05) is 11.4 Å². The second-order valence-corrected chi connectivity index (χ2v) is 6.35. The smallest absolute Gasteiger partial charge is 0.243 e. The van der Waals surface area contributed by atoms with Crippen molar-refractivity contribution in [3.8, 4) is 0 Å². The molecule has 0 radical (unpaired) electrons. The van der Waals surface area contributed by atoms with Gasteiger partial charge in [0.05, 0.1) is 6.04 Å². The van der Waals surface area contributed by atoms with Gasteiger partial charge in [0.1, 0.15) is 0 Å².